The average Bonchev–Trinajstić information content (AvgIpc) is 3.07. The Bertz CT molecular complexity index is 1050. The van der Waals surface area contributed by atoms with Gasteiger partial charge in [-0.1, -0.05) is 115 Å². The van der Waals surface area contributed by atoms with Crippen LogP contribution in [-0.2, 0) is 16.1 Å². The molecule has 28 heavy (non-hydrogen) atoms. The standard InChI is InChI=1S/C26H20O2/c27-26(22-16-8-3-9-17-22)24-19-11-10-18-23(24)25(28-26,20-12-4-1-5-13-20)21-14-6-2-7-15-21/h1-19,27H/t26-/m1/s1. The molecule has 1 heterocycles. The first kappa shape index (κ1) is 16.9. The Kier molecular flexibility index (Phi) is 3.90. The second-order valence-electron chi connectivity index (χ2n) is 7.07. The minimum Gasteiger partial charge on any atom is -0.358 e. The van der Waals surface area contributed by atoms with Gasteiger partial charge < -0.3 is 9.84 Å². The van der Waals surface area contributed by atoms with Crippen molar-refractivity contribution in [2.75, 3.05) is 0 Å². The van der Waals surface area contributed by atoms with E-state index in [1.165, 1.54) is 0 Å². The summed E-state index contributed by atoms with van der Waals surface area (Å²) in [5.41, 5.74) is 3.52. The van der Waals surface area contributed by atoms with Crippen LogP contribution in [0, 0.1) is 0 Å². The molecule has 0 bridgehead atoms. The fourth-order valence-electron chi connectivity index (χ4n) is 4.24. The molecule has 0 fully saturated rings. The first-order valence-corrected chi connectivity index (χ1v) is 9.44. The summed E-state index contributed by atoms with van der Waals surface area (Å²) in [4.78, 5) is 0. The third kappa shape index (κ3) is 2.36. The fraction of sp³-hybridized carbons (Fsp3) is 0.0769. The first-order valence-electron chi connectivity index (χ1n) is 9.44. The topological polar surface area (TPSA) is 29.5 Å². The van der Waals surface area contributed by atoms with E-state index in [4.69, 9.17) is 4.74 Å². The molecule has 1 aliphatic heterocycles. The highest BCUT2D eigenvalue weighted by atomic mass is 16.6. The number of rotatable bonds is 3. The molecule has 1 atom stereocenters. The predicted molar refractivity (Wildman–Crippen MR) is 110 cm³/mol. The fourth-order valence-corrected chi connectivity index (χ4v) is 4.24. The zero-order chi connectivity index (χ0) is 19.0. The van der Waals surface area contributed by atoms with Gasteiger partial charge in [0.05, 0.1) is 0 Å². The van der Waals surface area contributed by atoms with E-state index < -0.39 is 11.4 Å². The van der Waals surface area contributed by atoms with Gasteiger partial charge in [-0.3, -0.25) is 0 Å². The van der Waals surface area contributed by atoms with Crippen molar-refractivity contribution < 1.29 is 9.84 Å². The van der Waals surface area contributed by atoms with Gasteiger partial charge in [0.2, 0.25) is 5.79 Å². The van der Waals surface area contributed by atoms with Gasteiger partial charge in [0.25, 0.3) is 0 Å². The molecule has 1 aliphatic rings. The molecule has 0 saturated carbocycles. The van der Waals surface area contributed by atoms with E-state index in [1.807, 2.05) is 84.9 Å². The Morgan fingerprint density at radius 2 is 0.857 bits per heavy atom. The Labute approximate surface area is 164 Å². The largest absolute Gasteiger partial charge is 0.358 e. The summed E-state index contributed by atoms with van der Waals surface area (Å²) in [5, 5.41) is 11.9. The van der Waals surface area contributed by atoms with Gasteiger partial charge in [0.1, 0.15) is 5.60 Å². The van der Waals surface area contributed by atoms with Crippen LogP contribution in [-0.4, -0.2) is 5.11 Å². The molecule has 0 amide bonds. The third-order valence-corrected chi connectivity index (χ3v) is 5.50. The lowest BCUT2D eigenvalue weighted by molar-refractivity contribution is -0.208. The number of fused-ring (bicyclic) bond motifs is 1. The molecule has 5 rings (SSSR count). The maximum absolute atomic E-state index is 11.9. The van der Waals surface area contributed by atoms with E-state index in [1.54, 1.807) is 0 Å². The minimum atomic E-state index is -1.54. The van der Waals surface area contributed by atoms with Crippen LogP contribution in [0.5, 0.6) is 0 Å². The van der Waals surface area contributed by atoms with Crippen LogP contribution >= 0.6 is 0 Å². The van der Waals surface area contributed by atoms with E-state index in [2.05, 4.69) is 30.3 Å². The summed E-state index contributed by atoms with van der Waals surface area (Å²) >= 11 is 0. The SMILES string of the molecule is O[C@]1(c2ccccc2)OC(c2ccccc2)(c2ccccc2)c2ccccc21. The van der Waals surface area contributed by atoms with Gasteiger partial charge in [0, 0.05) is 16.7 Å². The lowest BCUT2D eigenvalue weighted by Gasteiger charge is -2.34. The molecule has 0 radical (unpaired) electrons. The number of benzene rings is 4. The van der Waals surface area contributed by atoms with E-state index in [0.29, 0.717) is 0 Å². The molecule has 2 nitrogen and oxygen atoms in total. The molecule has 0 unspecified atom stereocenters. The van der Waals surface area contributed by atoms with Crippen LogP contribution in [0.15, 0.2) is 115 Å². The maximum Gasteiger partial charge on any atom is 0.221 e. The second-order valence-corrected chi connectivity index (χ2v) is 7.07. The summed E-state index contributed by atoms with van der Waals surface area (Å²) < 4.78 is 6.72. The van der Waals surface area contributed by atoms with Gasteiger partial charge in [0.15, 0.2) is 0 Å². The summed E-state index contributed by atoms with van der Waals surface area (Å²) in [7, 11) is 0. The molecule has 0 saturated heterocycles. The molecular weight excluding hydrogens is 344 g/mol. The Balaban J connectivity index is 1.85. The summed E-state index contributed by atoms with van der Waals surface area (Å²) in [6, 6.07) is 37.8. The van der Waals surface area contributed by atoms with Crippen molar-refractivity contribution in [1.29, 1.82) is 0 Å². The summed E-state index contributed by atoms with van der Waals surface area (Å²) in [6.07, 6.45) is 0. The highest BCUT2D eigenvalue weighted by Gasteiger charge is 2.55. The van der Waals surface area contributed by atoms with Gasteiger partial charge in [-0.25, -0.2) is 0 Å². The summed E-state index contributed by atoms with van der Waals surface area (Å²) in [5.74, 6) is -1.54. The molecule has 0 spiro atoms. The highest BCUT2D eigenvalue weighted by molar-refractivity contribution is 5.56. The van der Waals surface area contributed by atoms with Gasteiger partial charge in [-0.05, 0) is 11.1 Å². The van der Waals surface area contributed by atoms with Gasteiger partial charge >= 0.3 is 0 Å². The van der Waals surface area contributed by atoms with E-state index in [9.17, 15) is 5.11 Å². The highest BCUT2D eigenvalue weighted by Crippen LogP contribution is 2.55. The zero-order valence-electron chi connectivity index (χ0n) is 15.3. The maximum atomic E-state index is 11.9. The van der Waals surface area contributed by atoms with Crippen molar-refractivity contribution in [2.45, 2.75) is 11.4 Å². The summed E-state index contributed by atoms with van der Waals surface area (Å²) in [6.45, 7) is 0. The van der Waals surface area contributed by atoms with Crippen LogP contribution < -0.4 is 0 Å². The number of hydrogen-bond acceptors (Lipinski definition) is 2. The average molecular weight is 364 g/mol. The van der Waals surface area contributed by atoms with Gasteiger partial charge in [-0.15, -0.1) is 0 Å². The Morgan fingerprint density at radius 1 is 0.464 bits per heavy atom. The molecule has 1 N–H and O–H groups in total. The molecule has 0 aromatic heterocycles. The van der Waals surface area contributed by atoms with Crippen LogP contribution in [0.2, 0.25) is 0 Å². The van der Waals surface area contributed by atoms with Crippen LogP contribution in [0.4, 0.5) is 0 Å². The quantitative estimate of drug-likeness (QED) is 0.541. The minimum absolute atomic E-state index is 0.719. The van der Waals surface area contributed by atoms with Gasteiger partial charge in [-0.2, -0.15) is 0 Å². The predicted octanol–water partition coefficient (Wildman–Crippen LogP) is 5.20. The van der Waals surface area contributed by atoms with Crippen molar-refractivity contribution in [3.05, 3.63) is 143 Å². The molecule has 136 valence electrons. The van der Waals surface area contributed by atoms with Crippen molar-refractivity contribution in [1.82, 2.24) is 0 Å². The second kappa shape index (κ2) is 6.45. The van der Waals surface area contributed by atoms with E-state index in [0.717, 1.165) is 27.8 Å². The van der Waals surface area contributed by atoms with Crippen molar-refractivity contribution in [3.63, 3.8) is 0 Å². The molecule has 0 aliphatic carbocycles. The lowest BCUT2D eigenvalue weighted by atomic mass is 9.79. The Morgan fingerprint density at radius 3 is 1.36 bits per heavy atom. The van der Waals surface area contributed by atoms with Crippen molar-refractivity contribution in [2.24, 2.45) is 0 Å². The lowest BCUT2D eigenvalue weighted by Crippen LogP contribution is -2.35. The first-order chi connectivity index (χ1) is 13.7. The van der Waals surface area contributed by atoms with Crippen LogP contribution in [0.25, 0.3) is 0 Å². The normalized spacial score (nSPS) is 19.9. The van der Waals surface area contributed by atoms with E-state index in [-0.39, 0.29) is 0 Å². The number of ether oxygens (including phenoxy) is 1. The molecule has 4 aromatic rings. The van der Waals surface area contributed by atoms with Crippen molar-refractivity contribution >= 4 is 0 Å². The Hall–Kier alpha value is -3.20. The monoisotopic (exact) mass is 364 g/mol. The number of hydrogen-bond donors (Lipinski definition) is 1. The van der Waals surface area contributed by atoms with Crippen molar-refractivity contribution in [3.8, 4) is 0 Å². The molecule has 2 heteroatoms. The van der Waals surface area contributed by atoms with Crippen LogP contribution in [0.1, 0.15) is 27.8 Å². The zero-order valence-corrected chi connectivity index (χ0v) is 15.3. The number of aliphatic hydroxyl groups is 1. The van der Waals surface area contributed by atoms with Crippen LogP contribution in [0.3, 0.4) is 0 Å². The van der Waals surface area contributed by atoms with E-state index >= 15 is 0 Å². The third-order valence-electron chi connectivity index (χ3n) is 5.50. The molecular formula is C26H20O2. The molecule has 4 aromatic carbocycles. The smallest absolute Gasteiger partial charge is 0.221 e.